The third kappa shape index (κ3) is 4.02. The van der Waals surface area contributed by atoms with Gasteiger partial charge in [-0.2, -0.15) is 0 Å². The van der Waals surface area contributed by atoms with E-state index in [1.165, 1.54) is 11.3 Å². The Morgan fingerprint density at radius 1 is 1.18 bits per heavy atom. The minimum absolute atomic E-state index is 0.880. The number of nitrogens with one attached hydrogen (secondary N) is 1. The first kappa shape index (κ1) is 12.4. The Kier molecular flexibility index (Phi) is 4.83. The molecule has 0 amide bonds. The Morgan fingerprint density at radius 3 is 2.53 bits per heavy atom. The maximum absolute atomic E-state index is 5.33. The minimum Gasteiger partial charge on any atom is -0.384 e. The maximum atomic E-state index is 5.33. The number of rotatable bonds is 5. The molecular formula is C14H22N2O. The first-order valence-electron chi connectivity index (χ1n) is 6.51. The van der Waals surface area contributed by atoms with Crippen LogP contribution in [0.15, 0.2) is 24.3 Å². The van der Waals surface area contributed by atoms with Gasteiger partial charge in [-0.15, -0.1) is 0 Å². The van der Waals surface area contributed by atoms with E-state index in [9.17, 15) is 0 Å². The van der Waals surface area contributed by atoms with Gasteiger partial charge in [-0.1, -0.05) is 19.1 Å². The van der Waals surface area contributed by atoms with Gasteiger partial charge in [0.15, 0.2) is 0 Å². The van der Waals surface area contributed by atoms with Crippen LogP contribution in [0.3, 0.4) is 0 Å². The first-order chi connectivity index (χ1) is 8.38. The molecule has 1 aliphatic rings. The molecule has 1 aliphatic heterocycles. The highest BCUT2D eigenvalue weighted by Crippen LogP contribution is 2.09. The molecule has 3 heteroatoms. The van der Waals surface area contributed by atoms with Gasteiger partial charge in [-0.05, 0) is 24.1 Å². The molecule has 94 valence electrons. The van der Waals surface area contributed by atoms with Crippen molar-refractivity contribution in [1.82, 2.24) is 4.90 Å². The monoisotopic (exact) mass is 234 g/mol. The highest BCUT2D eigenvalue weighted by atomic mass is 16.5. The van der Waals surface area contributed by atoms with Crippen LogP contribution in [-0.2, 0) is 11.2 Å². The van der Waals surface area contributed by atoms with Crippen LogP contribution < -0.4 is 5.32 Å². The number of anilines is 1. The van der Waals surface area contributed by atoms with Crippen LogP contribution in [0.1, 0.15) is 12.5 Å². The Hall–Kier alpha value is -1.06. The lowest BCUT2D eigenvalue weighted by atomic mass is 10.1. The summed E-state index contributed by atoms with van der Waals surface area (Å²) in [5.41, 5.74) is 2.61. The summed E-state index contributed by atoms with van der Waals surface area (Å²) in [5, 5.41) is 3.46. The number of nitrogens with zero attached hydrogens (tertiary/aromatic N) is 1. The van der Waals surface area contributed by atoms with Gasteiger partial charge in [-0.3, -0.25) is 4.90 Å². The molecule has 0 bridgehead atoms. The van der Waals surface area contributed by atoms with E-state index in [0.717, 1.165) is 45.8 Å². The number of hydrogen-bond acceptors (Lipinski definition) is 3. The van der Waals surface area contributed by atoms with Gasteiger partial charge in [0.2, 0.25) is 0 Å². The lowest BCUT2D eigenvalue weighted by molar-refractivity contribution is 0.0398. The zero-order chi connectivity index (χ0) is 11.9. The quantitative estimate of drug-likeness (QED) is 0.843. The van der Waals surface area contributed by atoms with E-state index in [-0.39, 0.29) is 0 Å². The summed E-state index contributed by atoms with van der Waals surface area (Å²) in [7, 11) is 0. The SMILES string of the molecule is CCc1ccc(NCCN2CCOCC2)cc1. The molecule has 1 N–H and O–H groups in total. The van der Waals surface area contributed by atoms with Gasteiger partial charge in [0.05, 0.1) is 13.2 Å². The maximum Gasteiger partial charge on any atom is 0.0594 e. The van der Waals surface area contributed by atoms with E-state index in [0.29, 0.717) is 0 Å². The molecule has 0 aliphatic carbocycles. The summed E-state index contributed by atoms with van der Waals surface area (Å²) in [5.74, 6) is 0. The molecule has 1 aromatic rings. The second-order valence-corrected chi connectivity index (χ2v) is 4.43. The zero-order valence-electron chi connectivity index (χ0n) is 10.6. The number of ether oxygens (including phenoxy) is 1. The molecule has 1 saturated heterocycles. The van der Waals surface area contributed by atoms with Crippen molar-refractivity contribution in [2.24, 2.45) is 0 Å². The molecule has 1 aromatic carbocycles. The lowest BCUT2D eigenvalue weighted by Crippen LogP contribution is -2.38. The fourth-order valence-electron chi connectivity index (χ4n) is 2.04. The van der Waals surface area contributed by atoms with Crippen molar-refractivity contribution in [2.75, 3.05) is 44.7 Å². The van der Waals surface area contributed by atoms with E-state index >= 15 is 0 Å². The number of hydrogen-bond donors (Lipinski definition) is 1. The Morgan fingerprint density at radius 2 is 1.88 bits per heavy atom. The van der Waals surface area contributed by atoms with Gasteiger partial charge in [-0.25, -0.2) is 0 Å². The van der Waals surface area contributed by atoms with Gasteiger partial charge in [0.1, 0.15) is 0 Å². The average Bonchev–Trinajstić information content (AvgIpc) is 2.41. The number of benzene rings is 1. The highest BCUT2D eigenvalue weighted by Gasteiger charge is 2.08. The van der Waals surface area contributed by atoms with Crippen LogP contribution in [0.5, 0.6) is 0 Å². The van der Waals surface area contributed by atoms with E-state index in [2.05, 4.69) is 41.4 Å². The Labute approximate surface area is 104 Å². The predicted octanol–water partition coefficient (Wildman–Crippen LogP) is 1.99. The number of aryl methyl sites for hydroxylation is 1. The smallest absolute Gasteiger partial charge is 0.0594 e. The summed E-state index contributed by atoms with van der Waals surface area (Å²) in [4.78, 5) is 2.44. The fourth-order valence-corrected chi connectivity index (χ4v) is 2.04. The minimum atomic E-state index is 0.880. The standard InChI is InChI=1S/C14H22N2O/c1-2-13-3-5-14(6-4-13)15-7-8-16-9-11-17-12-10-16/h3-6,15H,2,7-12H2,1H3. The molecule has 0 atom stereocenters. The third-order valence-electron chi connectivity index (χ3n) is 3.22. The summed E-state index contributed by atoms with van der Waals surface area (Å²) in [6.07, 6.45) is 1.11. The van der Waals surface area contributed by atoms with Crippen LogP contribution in [0, 0.1) is 0 Å². The van der Waals surface area contributed by atoms with Crippen molar-refractivity contribution in [1.29, 1.82) is 0 Å². The predicted molar refractivity (Wildman–Crippen MR) is 71.6 cm³/mol. The second kappa shape index (κ2) is 6.62. The molecule has 1 heterocycles. The van der Waals surface area contributed by atoms with Crippen molar-refractivity contribution in [3.8, 4) is 0 Å². The van der Waals surface area contributed by atoms with Gasteiger partial charge in [0.25, 0.3) is 0 Å². The fraction of sp³-hybridized carbons (Fsp3) is 0.571. The van der Waals surface area contributed by atoms with E-state index < -0.39 is 0 Å². The zero-order valence-corrected chi connectivity index (χ0v) is 10.6. The largest absolute Gasteiger partial charge is 0.384 e. The molecular weight excluding hydrogens is 212 g/mol. The summed E-state index contributed by atoms with van der Waals surface area (Å²) in [6, 6.07) is 8.71. The topological polar surface area (TPSA) is 24.5 Å². The number of morpholine rings is 1. The van der Waals surface area contributed by atoms with Crippen LogP contribution >= 0.6 is 0 Å². The molecule has 2 rings (SSSR count). The van der Waals surface area contributed by atoms with Gasteiger partial charge >= 0.3 is 0 Å². The molecule has 0 aromatic heterocycles. The van der Waals surface area contributed by atoms with Crippen LogP contribution in [0.25, 0.3) is 0 Å². The summed E-state index contributed by atoms with van der Waals surface area (Å²) in [6.45, 7) is 8.18. The van der Waals surface area contributed by atoms with Crippen molar-refractivity contribution < 1.29 is 4.74 Å². The van der Waals surface area contributed by atoms with Crippen molar-refractivity contribution in [2.45, 2.75) is 13.3 Å². The molecule has 1 fully saturated rings. The normalized spacial score (nSPS) is 17.0. The average molecular weight is 234 g/mol. The molecule has 3 nitrogen and oxygen atoms in total. The van der Waals surface area contributed by atoms with Crippen molar-refractivity contribution in [3.63, 3.8) is 0 Å². The van der Waals surface area contributed by atoms with E-state index in [1.807, 2.05) is 0 Å². The van der Waals surface area contributed by atoms with Gasteiger partial charge in [0, 0.05) is 31.9 Å². The molecule has 0 saturated carbocycles. The van der Waals surface area contributed by atoms with E-state index in [1.54, 1.807) is 0 Å². The Balaban J connectivity index is 1.69. The molecule has 0 radical (unpaired) electrons. The highest BCUT2D eigenvalue weighted by molar-refractivity contribution is 5.44. The lowest BCUT2D eigenvalue weighted by Gasteiger charge is -2.26. The third-order valence-corrected chi connectivity index (χ3v) is 3.22. The molecule has 0 unspecified atom stereocenters. The van der Waals surface area contributed by atoms with Crippen molar-refractivity contribution >= 4 is 5.69 Å². The molecule has 17 heavy (non-hydrogen) atoms. The van der Waals surface area contributed by atoms with Crippen LogP contribution in [0.4, 0.5) is 5.69 Å². The molecule has 0 spiro atoms. The van der Waals surface area contributed by atoms with Crippen molar-refractivity contribution in [3.05, 3.63) is 29.8 Å². The second-order valence-electron chi connectivity index (χ2n) is 4.43. The van der Waals surface area contributed by atoms with Crippen LogP contribution in [-0.4, -0.2) is 44.3 Å². The summed E-state index contributed by atoms with van der Waals surface area (Å²) < 4.78 is 5.33. The first-order valence-corrected chi connectivity index (χ1v) is 6.51. The van der Waals surface area contributed by atoms with Gasteiger partial charge < -0.3 is 10.1 Å². The van der Waals surface area contributed by atoms with Crippen LogP contribution in [0.2, 0.25) is 0 Å². The summed E-state index contributed by atoms with van der Waals surface area (Å²) >= 11 is 0. The Bertz CT molecular complexity index is 317. The van der Waals surface area contributed by atoms with E-state index in [4.69, 9.17) is 4.74 Å².